The van der Waals surface area contributed by atoms with E-state index in [2.05, 4.69) is 5.32 Å². The first-order valence-corrected chi connectivity index (χ1v) is 8.63. The summed E-state index contributed by atoms with van der Waals surface area (Å²) in [6.45, 7) is 7.59. The number of hydrogen-bond donors (Lipinski definition) is 1. The Kier molecular flexibility index (Phi) is 6.78. The van der Waals surface area contributed by atoms with Gasteiger partial charge in [0.2, 0.25) is 0 Å². The van der Waals surface area contributed by atoms with Gasteiger partial charge in [0.1, 0.15) is 5.75 Å². The van der Waals surface area contributed by atoms with Crippen LogP contribution in [0.15, 0.2) is 42.5 Å². The fourth-order valence-corrected chi connectivity index (χ4v) is 2.36. The van der Waals surface area contributed by atoms with Crippen molar-refractivity contribution in [2.24, 2.45) is 0 Å². The van der Waals surface area contributed by atoms with Crippen LogP contribution in [0.4, 0.5) is 5.69 Å². The first kappa shape index (κ1) is 19.5. The number of hydrogen-bond acceptors (Lipinski definition) is 4. The van der Waals surface area contributed by atoms with Crippen LogP contribution in [0.2, 0.25) is 0 Å². The molecule has 0 aliphatic carbocycles. The molecular formula is C21H25NO4. The van der Waals surface area contributed by atoms with E-state index in [-0.39, 0.29) is 18.9 Å². The monoisotopic (exact) mass is 355 g/mol. The number of amides is 1. The maximum atomic E-state index is 12.2. The smallest absolute Gasteiger partial charge is 0.310 e. The summed E-state index contributed by atoms with van der Waals surface area (Å²) in [7, 11) is 0. The second-order valence-electron chi connectivity index (χ2n) is 6.30. The topological polar surface area (TPSA) is 64.6 Å². The molecule has 138 valence electrons. The molecule has 5 heteroatoms. The molecule has 1 N–H and O–H groups in total. The number of anilines is 1. The van der Waals surface area contributed by atoms with Crippen molar-refractivity contribution < 1.29 is 19.1 Å². The largest absolute Gasteiger partial charge is 0.493 e. The maximum Gasteiger partial charge on any atom is 0.310 e. The zero-order valence-electron chi connectivity index (χ0n) is 15.7. The summed E-state index contributed by atoms with van der Waals surface area (Å²) in [5, 5.41) is 2.76. The summed E-state index contributed by atoms with van der Waals surface area (Å²) in [6.07, 6.45) is -0.794. The van der Waals surface area contributed by atoms with Crippen LogP contribution < -0.4 is 10.1 Å². The van der Waals surface area contributed by atoms with Gasteiger partial charge in [-0.3, -0.25) is 9.59 Å². The van der Waals surface area contributed by atoms with E-state index < -0.39 is 12.1 Å². The molecule has 5 nitrogen and oxygen atoms in total. The van der Waals surface area contributed by atoms with E-state index >= 15 is 0 Å². The number of benzene rings is 2. The minimum atomic E-state index is -0.872. The highest BCUT2D eigenvalue weighted by Gasteiger charge is 2.18. The Morgan fingerprint density at radius 1 is 1.04 bits per heavy atom. The van der Waals surface area contributed by atoms with Gasteiger partial charge in [0.05, 0.1) is 13.0 Å². The molecule has 0 spiro atoms. The lowest BCUT2D eigenvalue weighted by Crippen LogP contribution is -2.30. The molecule has 0 fully saturated rings. The number of ether oxygens (including phenoxy) is 2. The van der Waals surface area contributed by atoms with Crippen molar-refractivity contribution in [3.63, 3.8) is 0 Å². The first-order valence-electron chi connectivity index (χ1n) is 8.63. The molecule has 0 aromatic heterocycles. The van der Waals surface area contributed by atoms with Gasteiger partial charge < -0.3 is 14.8 Å². The van der Waals surface area contributed by atoms with E-state index in [1.165, 1.54) is 0 Å². The Bertz CT molecular complexity index is 785. The molecule has 0 aliphatic heterocycles. The average Bonchev–Trinajstić information content (AvgIpc) is 2.59. The van der Waals surface area contributed by atoms with Crippen LogP contribution in [0.5, 0.6) is 5.75 Å². The Labute approximate surface area is 154 Å². The van der Waals surface area contributed by atoms with Crippen molar-refractivity contribution in [3.8, 4) is 5.75 Å². The van der Waals surface area contributed by atoms with Gasteiger partial charge in [0, 0.05) is 5.69 Å². The number of nitrogens with one attached hydrogen (secondary N) is 1. The zero-order chi connectivity index (χ0) is 19.1. The molecule has 1 unspecified atom stereocenters. The summed E-state index contributed by atoms with van der Waals surface area (Å²) in [5.74, 6) is -0.0750. The summed E-state index contributed by atoms with van der Waals surface area (Å²) in [6, 6.07) is 13.3. The predicted molar refractivity (Wildman–Crippen MR) is 101 cm³/mol. The van der Waals surface area contributed by atoms with Crippen LogP contribution >= 0.6 is 0 Å². The molecule has 1 amide bonds. The van der Waals surface area contributed by atoms with Gasteiger partial charge in [-0.25, -0.2) is 0 Å². The van der Waals surface area contributed by atoms with E-state index in [0.717, 1.165) is 22.4 Å². The number of para-hydroxylation sites is 1. The summed E-state index contributed by atoms with van der Waals surface area (Å²) in [5.41, 5.74) is 3.75. The van der Waals surface area contributed by atoms with Crippen LogP contribution in [0.1, 0.15) is 30.0 Å². The molecule has 1 atom stereocenters. The third kappa shape index (κ3) is 5.62. The summed E-state index contributed by atoms with van der Waals surface area (Å²) in [4.78, 5) is 24.1. The van der Waals surface area contributed by atoms with E-state index in [1.807, 2.05) is 57.2 Å². The van der Waals surface area contributed by atoms with Gasteiger partial charge in [0.25, 0.3) is 5.91 Å². The second-order valence-corrected chi connectivity index (χ2v) is 6.30. The molecule has 0 saturated heterocycles. The highest BCUT2D eigenvalue weighted by Crippen LogP contribution is 2.19. The molecule has 0 aliphatic rings. The predicted octanol–water partition coefficient (Wildman–Crippen LogP) is 3.95. The molecule has 2 aromatic carbocycles. The maximum absolute atomic E-state index is 12.2. The minimum Gasteiger partial charge on any atom is -0.493 e. The number of esters is 1. The van der Waals surface area contributed by atoms with Crippen LogP contribution in [0.25, 0.3) is 0 Å². The van der Waals surface area contributed by atoms with E-state index in [0.29, 0.717) is 5.69 Å². The lowest BCUT2D eigenvalue weighted by Gasteiger charge is -2.15. The highest BCUT2D eigenvalue weighted by atomic mass is 16.5. The third-order valence-electron chi connectivity index (χ3n) is 3.99. The normalized spacial score (nSPS) is 11.5. The first-order chi connectivity index (χ1) is 12.4. The van der Waals surface area contributed by atoms with Crippen LogP contribution in [0, 0.1) is 20.8 Å². The van der Waals surface area contributed by atoms with Crippen LogP contribution in [0.3, 0.4) is 0 Å². The van der Waals surface area contributed by atoms with Gasteiger partial charge in [-0.15, -0.1) is 0 Å². The van der Waals surface area contributed by atoms with Crippen molar-refractivity contribution in [2.45, 2.75) is 40.2 Å². The number of aryl methyl sites for hydroxylation is 3. The molecule has 0 radical (unpaired) electrons. The fourth-order valence-electron chi connectivity index (χ4n) is 2.36. The van der Waals surface area contributed by atoms with Crippen molar-refractivity contribution in [1.82, 2.24) is 0 Å². The Morgan fingerprint density at radius 2 is 1.77 bits per heavy atom. The lowest BCUT2D eigenvalue weighted by atomic mass is 10.1. The van der Waals surface area contributed by atoms with Crippen LogP contribution in [-0.2, 0) is 14.3 Å². The number of carbonyl (C=O) groups is 2. The molecule has 0 bridgehead atoms. The second kappa shape index (κ2) is 9.04. The lowest BCUT2D eigenvalue weighted by molar-refractivity contribution is -0.153. The average molecular weight is 355 g/mol. The SMILES string of the molecule is Cc1ccc(C)c(OCCC(=O)OC(C)C(=O)Nc2ccccc2C)c1. The fraction of sp³-hybridized carbons (Fsp3) is 0.333. The zero-order valence-corrected chi connectivity index (χ0v) is 15.7. The standard InChI is InChI=1S/C21H25NO4/c1-14-9-10-16(3)19(13-14)25-12-11-20(23)26-17(4)21(24)22-18-8-6-5-7-15(18)2/h5-10,13,17H,11-12H2,1-4H3,(H,22,24). The Morgan fingerprint density at radius 3 is 2.50 bits per heavy atom. The summed E-state index contributed by atoms with van der Waals surface area (Å²) < 4.78 is 10.8. The quantitative estimate of drug-likeness (QED) is 0.764. The van der Waals surface area contributed by atoms with Gasteiger partial charge in [-0.1, -0.05) is 30.3 Å². The van der Waals surface area contributed by atoms with Crippen molar-refractivity contribution >= 4 is 17.6 Å². The van der Waals surface area contributed by atoms with Crippen molar-refractivity contribution in [1.29, 1.82) is 0 Å². The minimum absolute atomic E-state index is 0.0787. The molecular weight excluding hydrogens is 330 g/mol. The number of rotatable bonds is 7. The van der Waals surface area contributed by atoms with Gasteiger partial charge in [0.15, 0.2) is 6.10 Å². The molecule has 26 heavy (non-hydrogen) atoms. The van der Waals surface area contributed by atoms with Gasteiger partial charge >= 0.3 is 5.97 Å². The van der Waals surface area contributed by atoms with Crippen LogP contribution in [-0.4, -0.2) is 24.6 Å². The van der Waals surface area contributed by atoms with Crippen molar-refractivity contribution in [2.75, 3.05) is 11.9 Å². The molecule has 2 aromatic rings. The van der Waals surface area contributed by atoms with E-state index in [1.54, 1.807) is 13.0 Å². The Balaban J connectivity index is 1.78. The van der Waals surface area contributed by atoms with E-state index in [9.17, 15) is 9.59 Å². The third-order valence-corrected chi connectivity index (χ3v) is 3.99. The van der Waals surface area contributed by atoms with Gasteiger partial charge in [-0.2, -0.15) is 0 Å². The van der Waals surface area contributed by atoms with Gasteiger partial charge in [-0.05, 0) is 56.5 Å². The van der Waals surface area contributed by atoms with Crippen molar-refractivity contribution in [3.05, 3.63) is 59.2 Å². The summed E-state index contributed by atoms with van der Waals surface area (Å²) >= 11 is 0. The number of carbonyl (C=O) groups excluding carboxylic acids is 2. The highest BCUT2D eigenvalue weighted by molar-refractivity contribution is 5.95. The molecule has 2 rings (SSSR count). The molecule has 0 saturated carbocycles. The van der Waals surface area contributed by atoms with E-state index in [4.69, 9.17) is 9.47 Å². The molecule has 0 heterocycles. The Hall–Kier alpha value is -2.82.